The van der Waals surface area contributed by atoms with E-state index >= 15 is 4.79 Å². The average molecular weight is 824 g/mol. The highest BCUT2D eigenvalue weighted by Crippen LogP contribution is 2.60. The van der Waals surface area contributed by atoms with Crippen LogP contribution in [0.2, 0.25) is 18.6 Å². The second-order valence-electron chi connectivity index (χ2n) is 16.7. The van der Waals surface area contributed by atoms with Crippen molar-refractivity contribution in [2.75, 3.05) is 37.2 Å². The van der Waals surface area contributed by atoms with Gasteiger partial charge in [-0.15, -0.1) is 0 Å². The van der Waals surface area contributed by atoms with Crippen molar-refractivity contribution < 1.29 is 33.7 Å². The summed E-state index contributed by atoms with van der Waals surface area (Å²) in [5.74, 6) is 0.691. The summed E-state index contributed by atoms with van der Waals surface area (Å²) >= 11 is 0. The maximum Gasteiger partial charge on any atom is 0.264 e. The van der Waals surface area contributed by atoms with Crippen molar-refractivity contribution in [1.82, 2.24) is 4.90 Å². The van der Waals surface area contributed by atoms with E-state index in [0.717, 1.165) is 44.7 Å². The number of amides is 3. The van der Waals surface area contributed by atoms with Crippen LogP contribution in [0, 0.1) is 5.92 Å². The molecule has 0 bridgehead atoms. The summed E-state index contributed by atoms with van der Waals surface area (Å²) in [7, 11) is 0.692. The van der Waals surface area contributed by atoms with Crippen LogP contribution in [0.1, 0.15) is 42.0 Å². The number of methoxy groups -OCH3 is 2. The minimum absolute atomic E-state index is 0.0317. The highest BCUT2D eigenvalue weighted by molar-refractivity contribution is 6.91. The zero-order valence-electron chi connectivity index (χ0n) is 35.0. The number of benzene rings is 5. The van der Waals surface area contributed by atoms with Crippen LogP contribution in [-0.4, -0.2) is 69.3 Å². The van der Waals surface area contributed by atoms with Gasteiger partial charge in [-0.2, -0.15) is 0 Å². The molecule has 0 radical (unpaired) electrons. The Kier molecular flexibility index (Phi) is 11.4. The number of rotatable bonds is 13. The fraction of sp³-hybridized carbons (Fsp3) is 0.327. The largest absolute Gasteiger partial charge is 0.497 e. The van der Waals surface area contributed by atoms with Crippen LogP contribution in [-0.2, 0) is 44.2 Å². The number of hydrogen-bond donors (Lipinski definition) is 1. The van der Waals surface area contributed by atoms with Gasteiger partial charge >= 0.3 is 0 Å². The van der Waals surface area contributed by atoms with Gasteiger partial charge in [-0.05, 0) is 77.2 Å². The molecule has 8 rings (SSSR count). The average Bonchev–Trinajstić information content (AvgIpc) is 3.69. The van der Waals surface area contributed by atoms with Crippen LogP contribution >= 0.6 is 0 Å². The van der Waals surface area contributed by atoms with Gasteiger partial charge in [0.25, 0.3) is 5.91 Å². The smallest absolute Gasteiger partial charge is 0.264 e. The van der Waals surface area contributed by atoms with Gasteiger partial charge in [0, 0.05) is 36.7 Å². The molecule has 10 nitrogen and oxygen atoms in total. The monoisotopic (exact) mass is 823 g/mol. The normalized spacial score (nSPS) is 20.9. The summed E-state index contributed by atoms with van der Waals surface area (Å²) in [4.78, 5) is 48.7. The molecule has 1 N–H and O–H groups in total. The summed E-state index contributed by atoms with van der Waals surface area (Å²) in [5.41, 5.74) is 4.40. The number of aliphatic hydroxyl groups excluding tert-OH is 1. The van der Waals surface area contributed by atoms with E-state index in [9.17, 15) is 14.7 Å². The number of anilines is 3. The first kappa shape index (κ1) is 41.0. The molecule has 0 aliphatic carbocycles. The zero-order valence-corrected chi connectivity index (χ0v) is 36.0. The molecule has 3 aliphatic heterocycles. The van der Waals surface area contributed by atoms with E-state index in [0.29, 0.717) is 30.7 Å². The van der Waals surface area contributed by atoms with Gasteiger partial charge in [0.2, 0.25) is 11.8 Å². The highest BCUT2D eigenvalue weighted by Gasteiger charge is 2.66. The van der Waals surface area contributed by atoms with E-state index in [2.05, 4.69) is 38.2 Å². The molecule has 3 aliphatic rings. The Hall–Kier alpha value is -5.75. The number of ether oxygens (including phenoxy) is 3. The van der Waals surface area contributed by atoms with Gasteiger partial charge in [0.15, 0.2) is 5.60 Å². The van der Waals surface area contributed by atoms with Crippen LogP contribution in [0.25, 0.3) is 0 Å². The van der Waals surface area contributed by atoms with Gasteiger partial charge in [-0.1, -0.05) is 98.0 Å². The number of nitrogens with zero attached hydrogens (tertiary/aromatic N) is 3. The van der Waals surface area contributed by atoms with Crippen LogP contribution in [0.5, 0.6) is 11.5 Å². The van der Waals surface area contributed by atoms with Crippen molar-refractivity contribution in [1.29, 1.82) is 0 Å². The molecule has 0 saturated carbocycles. The summed E-state index contributed by atoms with van der Waals surface area (Å²) in [6.07, 6.45) is 0.538. The molecule has 3 heterocycles. The SMILES string of the molecule is COc1ccc([Si](C)(C)[C@@H]2[C@@H](CC(=O)N(CCO)Cc3ccccc3)O[C@]3(C(=O)N(Cc4cccc(N5C(=O)CCc6ccccc65)c4)c4ccc(OC)cc43)[C@H]2C)cc1. The van der Waals surface area contributed by atoms with Crippen molar-refractivity contribution >= 4 is 48.0 Å². The molecule has 11 heteroatoms. The molecule has 3 amide bonds. The minimum Gasteiger partial charge on any atom is -0.497 e. The molecule has 5 aromatic rings. The molecule has 60 heavy (non-hydrogen) atoms. The lowest BCUT2D eigenvalue weighted by Crippen LogP contribution is -2.52. The fourth-order valence-electron chi connectivity index (χ4n) is 9.98. The number of fused-ring (bicyclic) bond motifs is 3. The Labute approximate surface area is 353 Å². The van der Waals surface area contributed by atoms with Crippen molar-refractivity contribution in [3.05, 3.63) is 144 Å². The number of para-hydroxylation sites is 1. The summed E-state index contributed by atoms with van der Waals surface area (Å²) in [5, 5.41) is 11.2. The number of carbonyl (C=O) groups is 3. The second kappa shape index (κ2) is 16.7. The van der Waals surface area contributed by atoms with Crippen LogP contribution in [0.4, 0.5) is 17.1 Å². The second-order valence-corrected chi connectivity index (χ2v) is 21.4. The van der Waals surface area contributed by atoms with Gasteiger partial charge in [-0.3, -0.25) is 19.3 Å². The van der Waals surface area contributed by atoms with E-state index in [1.807, 2.05) is 103 Å². The van der Waals surface area contributed by atoms with E-state index < -0.39 is 19.8 Å². The maximum absolute atomic E-state index is 15.6. The molecule has 4 atom stereocenters. The standard InChI is InChI=1S/C49H53N3O7Si/c1-33-47(60(4,5)40-22-19-38(57-2)20-23-40)44(30-46(55)50(26-27-53)31-34-12-7-6-8-13-34)59-49(33)41-29-39(58-3)21-24-43(41)51(48(49)56)32-35-14-11-16-37(28-35)52-42-17-10-9-15-36(42)18-25-45(52)54/h6-17,19-24,28-29,33,44,47,53H,18,25-27,30-32H2,1-5H3/t33-,44+,47-,49+/m0/s1. The van der Waals surface area contributed by atoms with Crippen LogP contribution in [0.3, 0.4) is 0 Å². The lowest BCUT2D eigenvalue weighted by Gasteiger charge is -2.37. The first-order valence-electron chi connectivity index (χ1n) is 20.7. The molecule has 1 spiro atoms. The Morgan fingerprint density at radius 2 is 1.53 bits per heavy atom. The molecule has 0 unspecified atom stereocenters. The van der Waals surface area contributed by atoms with E-state index in [4.69, 9.17) is 14.2 Å². The fourth-order valence-corrected chi connectivity index (χ4v) is 14.0. The number of hydrogen-bond acceptors (Lipinski definition) is 7. The van der Waals surface area contributed by atoms with Crippen molar-refractivity contribution in [2.24, 2.45) is 5.92 Å². The van der Waals surface area contributed by atoms with Crippen molar-refractivity contribution in [3.8, 4) is 11.5 Å². The minimum atomic E-state index is -2.57. The molecule has 0 aromatic heterocycles. The van der Waals surface area contributed by atoms with Gasteiger partial charge in [-0.25, -0.2) is 0 Å². The lowest BCUT2D eigenvalue weighted by molar-refractivity contribution is -0.150. The van der Waals surface area contributed by atoms with Crippen LogP contribution < -0.4 is 24.5 Å². The molecule has 310 valence electrons. The summed E-state index contributed by atoms with van der Waals surface area (Å²) < 4.78 is 18.6. The highest BCUT2D eigenvalue weighted by atomic mass is 28.3. The zero-order chi connectivity index (χ0) is 42.2. The topological polar surface area (TPSA) is 109 Å². The molecule has 1 fully saturated rings. The molecular weight excluding hydrogens is 771 g/mol. The van der Waals surface area contributed by atoms with Crippen molar-refractivity contribution in [2.45, 2.75) is 69.6 Å². The van der Waals surface area contributed by atoms with Crippen LogP contribution in [0.15, 0.2) is 121 Å². The Morgan fingerprint density at radius 1 is 0.833 bits per heavy atom. The van der Waals surface area contributed by atoms with Gasteiger partial charge in [0.05, 0.1) is 59.3 Å². The summed E-state index contributed by atoms with van der Waals surface area (Å²) in [6, 6.07) is 39.4. The number of aliphatic hydroxyl groups is 1. The molecule has 1 saturated heterocycles. The third-order valence-electron chi connectivity index (χ3n) is 13.0. The molecular formula is C49H53N3O7Si. The van der Waals surface area contributed by atoms with Gasteiger partial charge in [0.1, 0.15) is 11.5 Å². The predicted molar refractivity (Wildman–Crippen MR) is 236 cm³/mol. The number of carbonyl (C=O) groups excluding carboxylic acids is 3. The van der Waals surface area contributed by atoms with E-state index in [-0.39, 0.29) is 55.3 Å². The predicted octanol–water partition coefficient (Wildman–Crippen LogP) is 7.49. The third kappa shape index (κ3) is 7.28. The Bertz CT molecular complexity index is 2390. The lowest BCUT2D eigenvalue weighted by atomic mass is 9.82. The first-order chi connectivity index (χ1) is 29.0. The Morgan fingerprint density at radius 3 is 2.27 bits per heavy atom. The van der Waals surface area contributed by atoms with E-state index in [1.54, 1.807) is 28.9 Å². The quantitative estimate of drug-likeness (QED) is 0.123. The van der Waals surface area contributed by atoms with Crippen molar-refractivity contribution in [3.63, 3.8) is 0 Å². The summed E-state index contributed by atoms with van der Waals surface area (Å²) in [6.45, 7) is 7.26. The maximum atomic E-state index is 15.6. The third-order valence-corrected chi connectivity index (χ3v) is 17.3. The Balaban J connectivity index is 1.19. The molecule has 5 aromatic carbocycles. The number of aryl methyl sites for hydroxylation is 1. The van der Waals surface area contributed by atoms with Gasteiger partial charge < -0.3 is 29.1 Å². The van der Waals surface area contributed by atoms with E-state index in [1.165, 1.54) is 0 Å². The first-order valence-corrected chi connectivity index (χ1v) is 23.8.